The molecule has 0 radical (unpaired) electrons. The zero-order valence-corrected chi connectivity index (χ0v) is 15.8. The minimum absolute atomic E-state index is 0.0515. The molecule has 2 aliphatic rings. The molecule has 2 aromatic rings. The minimum atomic E-state index is -0.122. The molecule has 0 N–H and O–H groups in total. The number of carbonyl (C=O) groups excluding carboxylic acids is 2. The van der Waals surface area contributed by atoms with Crippen LogP contribution in [0.15, 0.2) is 42.9 Å². The number of anilines is 1. The van der Waals surface area contributed by atoms with E-state index in [9.17, 15) is 9.59 Å². The van der Waals surface area contributed by atoms with Crippen LogP contribution in [-0.4, -0.2) is 70.5 Å². The van der Waals surface area contributed by atoms with E-state index >= 15 is 0 Å². The number of benzene rings is 1. The Balaban J connectivity index is 1.30. The summed E-state index contributed by atoms with van der Waals surface area (Å²) in [5.74, 6) is 0.412. The van der Waals surface area contributed by atoms with E-state index in [4.69, 9.17) is 4.74 Å². The average molecular weight is 381 g/mol. The van der Waals surface area contributed by atoms with E-state index in [0.29, 0.717) is 32.1 Å². The molecular formula is C20H23N5O3. The molecule has 146 valence electrons. The van der Waals surface area contributed by atoms with Gasteiger partial charge in [-0.3, -0.25) is 14.7 Å². The minimum Gasteiger partial charge on any atom is -0.471 e. The van der Waals surface area contributed by atoms with Crippen LogP contribution in [0.3, 0.4) is 0 Å². The predicted molar refractivity (Wildman–Crippen MR) is 103 cm³/mol. The van der Waals surface area contributed by atoms with Gasteiger partial charge in [0, 0.05) is 44.1 Å². The van der Waals surface area contributed by atoms with Gasteiger partial charge in [-0.15, -0.1) is 0 Å². The summed E-state index contributed by atoms with van der Waals surface area (Å²) in [7, 11) is 0. The van der Waals surface area contributed by atoms with E-state index in [1.54, 1.807) is 33.3 Å². The van der Waals surface area contributed by atoms with Gasteiger partial charge in [0.1, 0.15) is 12.6 Å². The number of amides is 3. The zero-order chi connectivity index (χ0) is 19.5. The van der Waals surface area contributed by atoms with Crippen molar-refractivity contribution >= 4 is 17.6 Å². The number of urea groups is 1. The molecular weight excluding hydrogens is 358 g/mol. The fourth-order valence-corrected chi connectivity index (χ4v) is 3.52. The van der Waals surface area contributed by atoms with Gasteiger partial charge < -0.3 is 14.5 Å². The Kier molecular flexibility index (Phi) is 5.10. The Labute approximate surface area is 163 Å². The van der Waals surface area contributed by atoms with Crippen molar-refractivity contribution in [3.05, 3.63) is 48.4 Å². The molecule has 1 aromatic carbocycles. The topological polar surface area (TPSA) is 78.9 Å². The van der Waals surface area contributed by atoms with Crippen LogP contribution < -0.4 is 9.64 Å². The molecule has 0 unspecified atom stereocenters. The summed E-state index contributed by atoms with van der Waals surface area (Å²) in [6, 6.07) is 7.72. The molecule has 2 fully saturated rings. The van der Waals surface area contributed by atoms with Gasteiger partial charge in [-0.25, -0.2) is 9.78 Å². The number of nitrogens with zero attached hydrogens (tertiary/aromatic N) is 5. The third kappa shape index (κ3) is 3.90. The van der Waals surface area contributed by atoms with Crippen LogP contribution in [0, 0.1) is 6.92 Å². The lowest BCUT2D eigenvalue weighted by atomic mass is 10.2. The first-order chi connectivity index (χ1) is 13.6. The number of hydrogen-bond acceptors (Lipinski definition) is 5. The van der Waals surface area contributed by atoms with Crippen molar-refractivity contribution in [2.24, 2.45) is 0 Å². The van der Waals surface area contributed by atoms with Crippen LogP contribution in [0.2, 0.25) is 0 Å². The highest BCUT2D eigenvalue weighted by molar-refractivity contribution is 5.96. The second-order valence-electron chi connectivity index (χ2n) is 7.10. The number of hydrogen-bond donors (Lipinski definition) is 0. The summed E-state index contributed by atoms with van der Waals surface area (Å²) in [5.41, 5.74) is 2.01. The standard InChI is InChI=1S/C20H23N5O3/c1-15-2-4-16(5-3-15)25-11-10-24(20(25)27)14-19(26)23-9-6-17(13-23)28-18-12-21-7-8-22-18/h2-5,7-8,12,17H,6,9-11,13-14H2,1H3/t17-/m0/s1. The van der Waals surface area contributed by atoms with E-state index in [2.05, 4.69) is 9.97 Å². The SMILES string of the molecule is Cc1ccc(N2CCN(CC(=O)N3CC[C@H](Oc4cnccn4)C3)C2=O)cc1. The van der Waals surface area contributed by atoms with Gasteiger partial charge in [0.15, 0.2) is 0 Å². The van der Waals surface area contributed by atoms with Gasteiger partial charge in [0.2, 0.25) is 11.8 Å². The zero-order valence-electron chi connectivity index (χ0n) is 15.8. The lowest BCUT2D eigenvalue weighted by molar-refractivity contribution is -0.130. The third-order valence-corrected chi connectivity index (χ3v) is 5.09. The van der Waals surface area contributed by atoms with Gasteiger partial charge >= 0.3 is 6.03 Å². The van der Waals surface area contributed by atoms with E-state index in [1.807, 2.05) is 31.2 Å². The van der Waals surface area contributed by atoms with Crippen LogP contribution in [0.4, 0.5) is 10.5 Å². The number of ether oxygens (including phenoxy) is 1. The van der Waals surface area contributed by atoms with Gasteiger partial charge in [0.25, 0.3) is 0 Å². The molecule has 0 saturated carbocycles. The maximum atomic E-state index is 12.7. The Morgan fingerprint density at radius 2 is 2.00 bits per heavy atom. The number of rotatable bonds is 5. The van der Waals surface area contributed by atoms with Crippen molar-refractivity contribution in [2.75, 3.05) is 37.6 Å². The van der Waals surface area contributed by atoms with Gasteiger partial charge in [-0.05, 0) is 19.1 Å². The van der Waals surface area contributed by atoms with Gasteiger partial charge in [-0.2, -0.15) is 0 Å². The van der Waals surface area contributed by atoms with Crippen molar-refractivity contribution < 1.29 is 14.3 Å². The normalized spacial score (nSPS) is 19.4. The molecule has 28 heavy (non-hydrogen) atoms. The maximum absolute atomic E-state index is 12.7. The smallest absolute Gasteiger partial charge is 0.325 e. The lowest BCUT2D eigenvalue weighted by Gasteiger charge is -2.22. The van der Waals surface area contributed by atoms with Gasteiger partial charge in [-0.1, -0.05) is 17.7 Å². The van der Waals surface area contributed by atoms with Crippen molar-refractivity contribution in [3.63, 3.8) is 0 Å². The number of aryl methyl sites for hydroxylation is 1. The highest BCUT2D eigenvalue weighted by Gasteiger charge is 2.34. The summed E-state index contributed by atoms with van der Waals surface area (Å²) in [6.07, 6.45) is 5.37. The number of carbonyl (C=O) groups is 2. The molecule has 2 aliphatic heterocycles. The largest absolute Gasteiger partial charge is 0.471 e. The predicted octanol–water partition coefficient (Wildman–Crippen LogP) is 1.71. The average Bonchev–Trinajstić information content (AvgIpc) is 3.31. The second kappa shape index (κ2) is 7.84. The lowest BCUT2D eigenvalue weighted by Crippen LogP contribution is -2.42. The number of aromatic nitrogens is 2. The molecule has 3 heterocycles. The van der Waals surface area contributed by atoms with Crippen LogP contribution in [0.25, 0.3) is 0 Å². The maximum Gasteiger partial charge on any atom is 0.325 e. The van der Waals surface area contributed by atoms with Crippen LogP contribution >= 0.6 is 0 Å². The van der Waals surface area contributed by atoms with E-state index in [-0.39, 0.29) is 24.6 Å². The molecule has 2 saturated heterocycles. The monoisotopic (exact) mass is 381 g/mol. The van der Waals surface area contributed by atoms with Crippen molar-refractivity contribution in [2.45, 2.75) is 19.4 Å². The molecule has 1 aromatic heterocycles. The first kappa shape index (κ1) is 18.2. The molecule has 1 atom stereocenters. The first-order valence-corrected chi connectivity index (χ1v) is 9.44. The molecule has 0 spiro atoms. The Morgan fingerprint density at radius 1 is 1.18 bits per heavy atom. The third-order valence-electron chi connectivity index (χ3n) is 5.09. The van der Waals surface area contributed by atoms with Crippen molar-refractivity contribution in [1.29, 1.82) is 0 Å². The fourth-order valence-electron chi connectivity index (χ4n) is 3.52. The molecule has 8 heteroatoms. The summed E-state index contributed by atoms with van der Waals surface area (Å²) >= 11 is 0. The summed E-state index contributed by atoms with van der Waals surface area (Å²) in [4.78, 5) is 38.5. The summed E-state index contributed by atoms with van der Waals surface area (Å²) < 4.78 is 5.78. The first-order valence-electron chi connectivity index (χ1n) is 9.44. The highest BCUT2D eigenvalue weighted by atomic mass is 16.5. The van der Waals surface area contributed by atoms with Crippen molar-refractivity contribution in [3.8, 4) is 5.88 Å². The molecule has 0 aliphatic carbocycles. The molecule has 8 nitrogen and oxygen atoms in total. The molecule has 4 rings (SSSR count). The van der Waals surface area contributed by atoms with Gasteiger partial charge in [0.05, 0.1) is 12.7 Å². The van der Waals surface area contributed by atoms with E-state index in [0.717, 1.165) is 17.7 Å². The molecule has 3 amide bonds. The highest BCUT2D eigenvalue weighted by Crippen LogP contribution is 2.21. The molecule has 0 bridgehead atoms. The fraction of sp³-hybridized carbons (Fsp3) is 0.400. The van der Waals surface area contributed by atoms with E-state index < -0.39 is 0 Å². The second-order valence-corrected chi connectivity index (χ2v) is 7.10. The van der Waals surface area contributed by atoms with Crippen LogP contribution in [-0.2, 0) is 4.79 Å². The Morgan fingerprint density at radius 3 is 2.75 bits per heavy atom. The Bertz CT molecular complexity index is 843. The number of likely N-dealkylation sites (tertiary alicyclic amines) is 1. The quantitative estimate of drug-likeness (QED) is 0.788. The Hall–Kier alpha value is -3.16. The van der Waals surface area contributed by atoms with Crippen LogP contribution in [0.5, 0.6) is 5.88 Å². The summed E-state index contributed by atoms with van der Waals surface area (Å²) in [6.45, 7) is 4.36. The van der Waals surface area contributed by atoms with Crippen LogP contribution in [0.1, 0.15) is 12.0 Å². The van der Waals surface area contributed by atoms with Crippen molar-refractivity contribution in [1.82, 2.24) is 19.8 Å². The van der Waals surface area contributed by atoms with E-state index in [1.165, 1.54) is 0 Å². The summed E-state index contributed by atoms with van der Waals surface area (Å²) in [5, 5.41) is 0.